The number of anilines is 2. The van der Waals surface area contributed by atoms with E-state index in [9.17, 15) is 31.1 Å². The van der Waals surface area contributed by atoms with Gasteiger partial charge in [0.05, 0.1) is 35.5 Å². The Bertz CT molecular complexity index is 2210. The van der Waals surface area contributed by atoms with Crippen molar-refractivity contribution in [2.75, 3.05) is 30.8 Å². The van der Waals surface area contributed by atoms with Crippen LogP contribution in [0.25, 0.3) is 10.9 Å². The third-order valence-corrected chi connectivity index (χ3v) is 17.1. The van der Waals surface area contributed by atoms with Gasteiger partial charge < -0.3 is 19.8 Å². The van der Waals surface area contributed by atoms with Gasteiger partial charge in [-0.3, -0.25) is 9.88 Å². The van der Waals surface area contributed by atoms with E-state index in [2.05, 4.69) is 72.5 Å². The monoisotopic (exact) mass is 834 g/mol. The number of pyridine rings is 1. The number of urea groups is 1. The van der Waals surface area contributed by atoms with Crippen molar-refractivity contribution in [2.24, 2.45) is 11.8 Å². The highest BCUT2D eigenvalue weighted by Gasteiger charge is 2.54. The van der Waals surface area contributed by atoms with Gasteiger partial charge in [0.25, 0.3) is 8.32 Å². The number of aromatic nitrogens is 1. The molecule has 1 aromatic heterocycles. The van der Waals surface area contributed by atoms with Gasteiger partial charge in [0.15, 0.2) is 0 Å². The normalized spacial score (nSPS) is 20.3. The maximum absolute atomic E-state index is 13.8. The minimum absolute atomic E-state index is 0.0113. The number of methoxy groups -OCH3 is 1. The molecule has 0 saturated carbocycles. The van der Waals surface area contributed by atoms with E-state index in [1.54, 1.807) is 18.3 Å². The summed E-state index contributed by atoms with van der Waals surface area (Å²) < 4.78 is 96.3. The van der Waals surface area contributed by atoms with Gasteiger partial charge in [-0.05, 0) is 88.6 Å². The van der Waals surface area contributed by atoms with Crippen molar-refractivity contribution in [1.82, 2.24) is 9.88 Å². The van der Waals surface area contributed by atoms with E-state index in [1.807, 2.05) is 42.5 Å². The molecule has 2 N–H and O–H groups in total. The van der Waals surface area contributed by atoms with Crippen molar-refractivity contribution in [3.8, 4) is 5.75 Å². The number of halogens is 6. The molecular weight excluding hydrogens is 787 g/mol. The summed E-state index contributed by atoms with van der Waals surface area (Å²) in [5, 5.41) is 7.21. The lowest BCUT2D eigenvalue weighted by molar-refractivity contribution is -0.143. The molecular formula is C45H48F6N4O3Si. The van der Waals surface area contributed by atoms with Crippen LogP contribution < -0.4 is 25.7 Å². The van der Waals surface area contributed by atoms with Gasteiger partial charge >= 0.3 is 18.4 Å². The Morgan fingerprint density at radius 3 is 1.98 bits per heavy atom. The smallest absolute Gasteiger partial charge is 0.416 e. The highest BCUT2D eigenvalue weighted by molar-refractivity contribution is 6.99. The first kappa shape index (κ1) is 42.2. The van der Waals surface area contributed by atoms with Crippen molar-refractivity contribution in [3.05, 3.63) is 120 Å². The molecule has 8 rings (SSSR count). The maximum atomic E-state index is 13.8. The molecule has 3 saturated heterocycles. The first-order valence-electron chi connectivity index (χ1n) is 19.8. The van der Waals surface area contributed by atoms with Crippen LogP contribution in [-0.4, -0.2) is 50.5 Å². The second kappa shape index (κ2) is 16.3. The zero-order valence-electron chi connectivity index (χ0n) is 33.5. The van der Waals surface area contributed by atoms with E-state index in [4.69, 9.17) is 9.16 Å². The third kappa shape index (κ3) is 8.31. The number of nitrogens with zero attached hydrogens (tertiary/aromatic N) is 2. The topological polar surface area (TPSA) is 75.7 Å². The summed E-state index contributed by atoms with van der Waals surface area (Å²) in [5.74, 6) is 1.22. The Hall–Kier alpha value is -4.92. The Morgan fingerprint density at radius 1 is 0.864 bits per heavy atom. The van der Waals surface area contributed by atoms with Gasteiger partial charge in [-0.15, -0.1) is 0 Å². The van der Waals surface area contributed by atoms with Crippen LogP contribution in [0.3, 0.4) is 0 Å². The SMILES string of the molecule is CCC1CN2CCC1CC2[C@H](O[Si](c1ccccc1)(c1ccccc1)C(C)(C)C)c1ccnc2ccc(OC)c(NC(=O)Nc3cc(C(F)(F)F)cc(C(F)(F)F)c3)c12. The first-order valence-corrected chi connectivity index (χ1v) is 21.7. The lowest BCUT2D eigenvalue weighted by atomic mass is 9.72. The van der Waals surface area contributed by atoms with Crippen LogP contribution in [0.15, 0.2) is 103 Å². The fourth-order valence-corrected chi connectivity index (χ4v) is 14.0. The summed E-state index contributed by atoms with van der Waals surface area (Å²) >= 11 is 0. The lowest BCUT2D eigenvalue weighted by Gasteiger charge is -2.54. The van der Waals surface area contributed by atoms with Crippen molar-refractivity contribution in [1.29, 1.82) is 0 Å². The molecule has 2 bridgehead atoms. The van der Waals surface area contributed by atoms with Gasteiger partial charge in [0.2, 0.25) is 0 Å². The van der Waals surface area contributed by atoms with Crippen molar-refractivity contribution in [2.45, 2.75) is 76.5 Å². The van der Waals surface area contributed by atoms with Gasteiger partial charge in [-0.25, -0.2) is 4.79 Å². The van der Waals surface area contributed by atoms with Crippen molar-refractivity contribution >= 4 is 47.0 Å². The van der Waals surface area contributed by atoms with Crippen LogP contribution in [-0.2, 0) is 16.8 Å². The summed E-state index contributed by atoms with van der Waals surface area (Å²) in [7, 11) is -1.83. The molecule has 5 aromatic rings. The molecule has 312 valence electrons. The molecule has 14 heteroatoms. The molecule has 3 aliphatic heterocycles. The van der Waals surface area contributed by atoms with E-state index in [0.29, 0.717) is 34.9 Å². The van der Waals surface area contributed by atoms with Gasteiger partial charge in [-0.2, -0.15) is 26.3 Å². The van der Waals surface area contributed by atoms with Gasteiger partial charge in [0.1, 0.15) is 5.75 Å². The van der Waals surface area contributed by atoms with E-state index in [0.717, 1.165) is 48.3 Å². The third-order valence-electron chi connectivity index (χ3n) is 12.0. The van der Waals surface area contributed by atoms with E-state index in [1.165, 1.54) is 7.11 Å². The summed E-state index contributed by atoms with van der Waals surface area (Å²) in [6.45, 7) is 10.7. The molecule has 3 fully saturated rings. The number of nitrogens with one attached hydrogen (secondary N) is 2. The number of carbonyl (C=O) groups is 1. The molecule has 5 atom stereocenters. The minimum Gasteiger partial charge on any atom is -0.495 e. The minimum atomic E-state index is -5.10. The Labute approximate surface area is 341 Å². The van der Waals surface area contributed by atoms with Crippen LogP contribution in [0.4, 0.5) is 42.5 Å². The molecule has 4 heterocycles. The summed E-state index contributed by atoms with van der Waals surface area (Å²) in [4.78, 5) is 21.0. The van der Waals surface area contributed by atoms with Crippen LogP contribution in [0.5, 0.6) is 5.75 Å². The fraction of sp³-hybridized carbons (Fsp3) is 0.378. The van der Waals surface area contributed by atoms with Gasteiger partial charge in [0, 0.05) is 29.9 Å². The molecule has 0 radical (unpaired) electrons. The van der Waals surface area contributed by atoms with Crippen LogP contribution in [0.1, 0.15) is 69.8 Å². The number of hydrogen-bond donors (Lipinski definition) is 2. The number of amides is 2. The summed E-state index contributed by atoms with van der Waals surface area (Å²) in [5.41, 5.74) is -2.44. The fourth-order valence-electron chi connectivity index (χ4n) is 9.28. The van der Waals surface area contributed by atoms with Crippen LogP contribution in [0, 0.1) is 11.8 Å². The zero-order chi connectivity index (χ0) is 42.3. The molecule has 0 spiro atoms. The average molecular weight is 835 g/mol. The number of hydrogen-bond acceptors (Lipinski definition) is 5. The average Bonchev–Trinajstić information content (AvgIpc) is 3.20. The second-order valence-electron chi connectivity index (χ2n) is 16.5. The van der Waals surface area contributed by atoms with E-state index in [-0.39, 0.29) is 23.5 Å². The Morgan fingerprint density at radius 2 is 1.47 bits per heavy atom. The quantitative estimate of drug-likeness (QED) is 0.108. The highest BCUT2D eigenvalue weighted by atomic mass is 28.4. The van der Waals surface area contributed by atoms with E-state index < -0.39 is 54.7 Å². The summed E-state index contributed by atoms with van der Waals surface area (Å²) in [6, 6.07) is 25.6. The number of benzene rings is 4. The number of alkyl halides is 6. The molecule has 4 unspecified atom stereocenters. The molecule has 7 nitrogen and oxygen atoms in total. The molecule has 4 aromatic carbocycles. The summed E-state index contributed by atoms with van der Waals surface area (Å²) in [6.07, 6.45) is -6.08. The molecule has 2 amide bonds. The van der Waals surface area contributed by atoms with Crippen LogP contribution >= 0.6 is 0 Å². The molecule has 3 aliphatic rings. The zero-order valence-corrected chi connectivity index (χ0v) is 34.5. The van der Waals surface area contributed by atoms with Crippen molar-refractivity contribution in [3.63, 3.8) is 0 Å². The first-order chi connectivity index (χ1) is 27.9. The predicted octanol–water partition coefficient (Wildman–Crippen LogP) is 10.7. The number of fused-ring (bicyclic) bond motifs is 4. The van der Waals surface area contributed by atoms with Crippen molar-refractivity contribution < 1.29 is 40.3 Å². The Kier molecular flexibility index (Phi) is 11.6. The standard InChI is InChI=1S/C45H48F6N4O3Si/c1-6-28-27-55-22-20-29(28)23-37(55)41(58-59(43(2,3)4,33-13-9-7-10-14-33)34-15-11-8-12-16-34)35-19-21-52-36-17-18-38(57-5)40(39(35)36)54-42(56)53-32-25-30(44(46,47)48)24-31(26-32)45(49,50)51/h7-19,21,24-26,28-29,37,41H,6,20,22-23,27H2,1-5H3,(H2,53,54,56)/t28?,29?,37?,41-/m1/s1. The van der Waals surface area contributed by atoms with E-state index >= 15 is 0 Å². The highest BCUT2D eigenvalue weighted by Crippen LogP contribution is 2.49. The van der Waals surface area contributed by atoms with Gasteiger partial charge in [-0.1, -0.05) is 94.8 Å². The molecule has 59 heavy (non-hydrogen) atoms. The molecule has 0 aliphatic carbocycles. The largest absolute Gasteiger partial charge is 0.495 e. The number of rotatable bonds is 10. The maximum Gasteiger partial charge on any atom is 0.416 e. The number of carbonyl (C=O) groups excluding carboxylic acids is 1. The predicted molar refractivity (Wildman–Crippen MR) is 221 cm³/mol. The number of piperidine rings is 3. The van der Waals surface area contributed by atoms with Crippen LogP contribution in [0.2, 0.25) is 5.04 Å². The number of ether oxygens (including phenoxy) is 1. The second-order valence-corrected chi connectivity index (χ2v) is 20.8. The Balaban J connectivity index is 1.41. The lowest BCUT2D eigenvalue weighted by Crippen LogP contribution is -2.68.